The second-order valence-electron chi connectivity index (χ2n) is 12.4. The van der Waals surface area contributed by atoms with Crippen molar-refractivity contribution in [1.29, 1.82) is 0 Å². The Morgan fingerprint density at radius 2 is 1.35 bits per heavy atom. The minimum absolute atomic E-state index is 0.254. The minimum atomic E-state index is 0.254. The molecule has 0 fully saturated rings. The van der Waals surface area contributed by atoms with E-state index in [9.17, 15) is 0 Å². The number of fused-ring (bicyclic) bond motifs is 3. The molecule has 3 aromatic heterocycles. The van der Waals surface area contributed by atoms with Crippen molar-refractivity contribution in [3.63, 3.8) is 0 Å². The molecule has 0 N–H and O–H groups in total. The van der Waals surface area contributed by atoms with Gasteiger partial charge in [-0.15, -0.1) is 0 Å². The third-order valence-corrected chi connectivity index (χ3v) is 9.92. The molecule has 7 aromatic rings. The van der Waals surface area contributed by atoms with Crippen molar-refractivity contribution in [3.05, 3.63) is 153 Å². The molecule has 3 aliphatic carbocycles. The quantitative estimate of drug-likeness (QED) is 0.199. The highest BCUT2D eigenvalue weighted by Crippen LogP contribution is 2.57. The van der Waals surface area contributed by atoms with Gasteiger partial charge in [-0.25, -0.2) is 9.55 Å². The number of hydrogen-bond donors (Lipinski definition) is 0. The molecule has 0 radical (unpaired) electrons. The van der Waals surface area contributed by atoms with E-state index in [4.69, 9.17) is 4.42 Å². The molecule has 3 aliphatic rings. The monoisotopic (exact) mass is 555 g/mol. The van der Waals surface area contributed by atoms with Gasteiger partial charge in [0.05, 0.1) is 5.56 Å². The maximum atomic E-state index is 6.42. The summed E-state index contributed by atoms with van der Waals surface area (Å²) in [6, 6.07) is 33.8. The summed E-state index contributed by atoms with van der Waals surface area (Å²) < 4.78 is 8.66. The van der Waals surface area contributed by atoms with Gasteiger partial charge < -0.3 is 4.42 Å². The first-order valence-corrected chi connectivity index (χ1v) is 15.1. The highest BCUT2D eigenvalue weighted by atomic mass is 16.3. The lowest BCUT2D eigenvalue weighted by molar-refractivity contribution is -0.660. The van der Waals surface area contributed by atoms with Gasteiger partial charge in [-0.05, 0) is 94.6 Å². The topological polar surface area (TPSA) is 29.9 Å². The van der Waals surface area contributed by atoms with Crippen LogP contribution in [0.15, 0.2) is 108 Å². The van der Waals surface area contributed by atoms with Crippen LogP contribution in [-0.4, -0.2) is 4.98 Å². The van der Waals surface area contributed by atoms with E-state index in [1.54, 1.807) is 6.20 Å². The first kappa shape index (κ1) is 24.6. The molecule has 43 heavy (non-hydrogen) atoms. The predicted octanol–water partition coefficient (Wildman–Crippen LogP) is 9.05. The van der Waals surface area contributed by atoms with E-state index in [0.29, 0.717) is 5.71 Å². The average Bonchev–Trinajstić information content (AvgIpc) is 3.40. The van der Waals surface area contributed by atoms with E-state index in [0.717, 1.165) is 27.6 Å². The molecule has 4 aromatic carbocycles. The number of nitrogens with zero attached hydrogens (tertiary/aromatic N) is 2. The average molecular weight is 556 g/mol. The van der Waals surface area contributed by atoms with Crippen LogP contribution in [0.4, 0.5) is 0 Å². The molecule has 2 bridgehead atoms. The molecule has 0 spiro atoms. The highest BCUT2D eigenvalue weighted by molar-refractivity contribution is 6.08. The van der Waals surface area contributed by atoms with Crippen LogP contribution in [0, 0.1) is 20.8 Å². The Morgan fingerprint density at radius 3 is 2.07 bits per heavy atom. The van der Waals surface area contributed by atoms with Crippen LogP contribution in [0.2, 0.25) is 0 Å². The van der Waals surface area contributed by atoms with Gasteiger partial charge in [0, 0.05) is 40.4 Å². The van der Waals surface area contributed by atoms with Crippen molar-refractivity contribution in [2.45, 2.75) is 32.6 Å². The Balaban J connectivity index is 1.27. The zero-order valence-corrected chi connectivity index (χ0v) is 24.8. The van der Waals surface area contributed by atoms with E-state index >= 15 is 0 Å². The summed E-state index contributed by atoms with van der Waals surface area (Å²) in [5.41, 5.74) is 18.9. The third kappa shape index (κ3) is 3.31. The van der Waals surface area contributed by atoms with E-state index in [1.807, 2.05) is 6.07 Å². The largest absolute Gasteiger partial charge is 0.437 e. The second-order valence-corrected chi connectivity index (χ2v) is 12.4. The second kappa shape index (κ2) is 8.75. The summed E-state index contributed by atoms with van der Waals surface area (Å²) >= 11 is 0. The number of aromatic nitrogens is 2. The van der Waals surface area contributed by atoms with Gasteiger partial charge >= 0.3 is 0 Å². The Hall–Kier alpha value is -5.02. The fourth-order valence-corrected chi connectivity index (χ4v) is 8.10. The Labute approximate surface area is 251 Å². The maximum absolute atomic E-state index is 6.42. The third-order valence-electron chi connectivity index (χ3n) is 9.92. The maximum Gasteiger partial charge on any atom is 0.227 e. The predicted molar refractivity (Wildman–Crippen MR) is 173 cm³/mol. The molecule has 0 saturated heterocycles. The molecule has 0 saturated carbocycles. The highest BCUT2D eigenvalue weighted by Gasteiger charge is 2.42. The Kier molecular flexibility index (Phi) is 5.00. The van der Waals surface area contributed by atoms with E-state index in [-0.39, 0.29) is 11.8 Å². The molecule has 3 nitrogen and oxygen atoms in total. The van der Waals surface area contributed by atoms with Crippen molar-refractivity contribution in [2.75, 3.05) is 0 Å². The fourth-order valence-electron chi connectivity index (χ4n) is 8.10. The first-order chi connectivity index (χ1) is 21.0. The first-order valence-electron chi connectivity index (χ1n) is 15.1. The standard InChI is InChI=1S/C40H31N2O/c1-22-15-16-30-31-14-9-17-41-40(31)43-39(30)36(22)34-20-32(24(3)21-42(34)4)25-18-23(2)35-33(19-25)37-26-10-5-7-12-28(26)38(35)29-13-8-6-11-27(29)37/h5-21,37-38H,1-4H3/q+1. The van der Waals surface area contributed by atoms with E-state index in [1.165, 1.54) is 61.2 Å². The van der Waals surface area contributed by atoms with Gasteiger partial charge in [0.2, 0.25) is 11.4 Å². The summed E-state index contributed by atoms with van der Waals surface area (Å²) in [6.45, 7) is 6.70. The van der Waals surface area contributed by atoms with Gasteiger partial charge in [-0.3, -0.25) is 0 Å². The zero-order valence-electron chi connectivity index (χ0n) is 24.8. The lowest BCUT2D eigenvalue weighted by Gasteiger charge is -2.43. The van der Waals surface area contributed by atoms with Crippen LogP contribution in [0.5, 0.6) is 0 Å². The number of benzene rings is 4. The van der Waals surface area contributed by atoms with Crippen LogP contribution in [0.3, 0.4) is 0 Å². The van der Waals surface area contributed by atoms with Crippen LogP contribution >= 0.6 is 0 Å². The molecular weight excluding hydrogens is 524 g/mol. The molecule has 3 heteroatoms. The SMILES string of the molecule is Cc1c[n+](C)c(-c2c(C)ccc3c2oc2ncccc23)cc1-c1cc(C)c2c(c1)C1c3ccccc3C2c2ccccc21. The van der Waals surface area contributed by atoms with Crippen LogP contribution < -0.4 is 4.57 Å². The number of hydrogen-bond acceptors (Lipinski definition) is 2. The van der Waals surface area contributed by atoms with Crippen molar-refractivity contribution >= 4 is 22.1 Å². The molecule has 3 heterocycles. The van der Waals surface area contributed by atoms with Crippen LogP contribution in [0.1, 0.15) is 61.9 Å². The van der Waals surface area contributed by atoms with E-state index in [2.05, 4.69) is 128 Å². The van der Waals surface area contributed by atoms with Gasteiger partial charge in [0.1, 0.15) is 7.05 Å². The summed E-state index contributed by atoms with van der Waals surface area (Å²) in [5.74, 6) is 0.540. The molecule has 0 aliphatic heterocycles. The lowest BCUT2D eigenvalue weighted by Crippen LogP contribution is -2.31. The summed E-state index contributed by atoms with van der Waals surface area (Å²) in [4.78, 5) is 4.51. The van der Waals surface area contributed by atoms with E-state index < -0.39 is 0 Å². The Bertz CT molecular complexity index is 2260. The van der Waals surface area contributed by atoms with Crippen molar-refractivity contribution in [3.8, 4) is 22.4 Å². The normalized spacial score (nSPS) is 16.4. The number of pyridine rings is 2. The summed E-state index contributed by atoms with van der Waals surface area (Å²) in [6.07, 6.45) is 4.05. The lowest BCUT2D eigenvalue weighted by atomic mass is 9.60. The summed E-state index contributed by atoms with van der Waals surface area (Å²) in [5, 5.41) is 2.15. The Morgan fingerprint density at radius 1 is 0.651 bits per heavy atom. The molecular formula is C40H31N2O+. The molecule has 0 atom stereocenters. The number of rotatable bonds is 2. The molecule has 0 amide bonds. The van der Waals surface area contributed by atoms with Crippen molar-refractivity contribution < 1.29 is 8.98 Å². The molecule has 10 rings (SSSR count). The van der Waals surface area contributed by atoms with Crippen LogP contribution in [0.25, 0.3) is 44.5 Å². The molecule has 206 valence electrons. The minimum Gasteiger partial charge on any atom is -0.437 e. The number of aryl methyl sites for hydroxylation is 4. The van der Waals surface area contributed by atoms with Gasteiger partial charge in [-0.2, -0.15) is 0 Å². The van der Waals surface area contributed by atoms with Gasteiger partial charge in [-0.1, -0.05) is 66.7 Å². The summed E-state index contributed by atoms with van der Waals surface area (Å²) in [7, 11) is 2.14. The van der Waals surface area contributed by atoms with Gasteiger partial charge in [0.15, 0.2) is 11.8 Å². The van der Waals surface area contributed by atoms with Gasteiger partial charge in [0.25, 0.3) is 0 Å². The zero-order chi connectivity index (χ0) is 29.0. The number of furan rings is 1. The van der Waals surface area contributed by atoms with Crippen LogP contribution in [-0.2, 0) is 7.05 Å². The smallest absolute Gasteiger partial charge is 0.227 e. The van der Waals surface area contributed by atoms with Crippen molar-refractivity contribution in [2.24, 2.45) is 7.05 Å². The van der Waals surface area contributed by atoms with Crippen molar-refractivity contribution in [1.82, 2.24) is 4.98 Å². The fraction of sp³-hybridized carbons (Fsp3) is 0.150. The molecule has 0 unspecified atom stereocenters.